The topological polar surface area (TPSA) is 93.4 Å². The zero-order valence-corrected chi connectivity index (χ0v) is 15.4. The van der Waals surface area contributed by atoms with Crippen LogP contribution in [-0.2, 0) is 0 Å². The molecule has 0 spiro atoms. The molecule has 0 radical (unpaired) electrons. The van der Waals surface area contributed by atoms with Crippen molar-refractivity contribution in [2.24, 2.45) is 5.92 Å². The van der Waals surface area contributed by atoms with Gasteiger partial charge in [-0.05, 0) is 37.0 Å². The van der Waals surface area contributed by atoms with Gasteiger partial charge in [-0.25, -0.2) is 9.97 Å². The predicted octanol–water partition coefficient (Wildman–Crippen LogP) is 4.03. The monoisotopic (exact) mass is 377 g/mol. The Morgan fingerprint density at radius 1 is 1.35 bits per heavy atom. The second kappa shape index (κ2) is 7.74. The molecule has 138 valence electrons. The van der Waals surface area contributed by atoms with Crippen molar-refractivity contribution in [3.8, 4) is 5.75 Å². The fraction of sp³-hybridized carbons (Fsp3) is 0.412. The van der Waals surface area contributed by atoms with Crippen LogP contribution >= 0.6 is 11.6 Å². The van der Waals surface area contributed by atoms with Crippen LogP contribution in [-0.4, -0.2) is 35.1 Å². The molecule has 0 saturated carbocycles. The van der Waals surface area contributed by atoms with E-state index in [1.807, 2.05) is 4.90 Å². The number of ether oxygens (including phenoxy) is 1. The maximum atomic E-state index is 11.8. The minimum absolute atomic E-state index is 0.110. The number of halogens is 1. The second-order valence-corrected chi connectivity index (χ2v) is 6.73. The van der Waals surface area contributed by atoms with Crippen LogP contribution in [0.25, 0.3) is 0 Å². The Labute approximate surface area is 156 Å². The third kappa shape index (κ3) is 3.80. The maximum absolute atomic E-state index is 11.8. The number of rotatable bonds is 5. The highest BCUT2D eigenvalue weighted by Crippen LogP contribution is 2.37. The lowest BCUT2D eigenvalue weighted by atomic mass is 9.99. The lowest BCUT2D eigenvalue weighted by Crippen LogP contribution is -2.34. The third-order valence-electron chi connectivity index (χ3n) is 4.48. The molecule has 1 fully saturated rings. The van der Waals surface area contributed by atoms with Crippen LogP contribution < -0.4 is 15.0 Å². The van der Waals surface area contributed by atoms with Gasteiger partial charge in [-0.2, -0.15) is 0 Å². The second-order valence-electron chi connectivity index (χ2n) is 6.29. The first kappa shape index (κ1) is 18.2. The summed E-state index contributed by atoms with van der Waals surface area (Å²) in [5, 5.41) is 15.2. The number of nitrogens with zero attached hydrogens (tertiary/aromatic N) is 4. The van der Waals surface area contributed by atoms with Crippen molar-refractivity contribution in [3.63, 3.8) is 0 Å². The van der Waals surface area contributed by atoms with Crippen molar-refractivity contribution >= 4 is 34.6 Å². The Bertz CT molecular complexity index is 809. The Balaban J connectivity index is 1.99. The van der Waals surface area contributed by atoms with Crippen LogP contribution in [0.5, 0.6) is 5.75 Å². The first-order valence-electron chi connectivity index (χ1n) is 8.34. The van der Waals surface area contributed by atoms with E-state index in [-0.39, 0.29) is 11.5 Å². The molecule has 26 heavy (non-hydrogen) atoms. The molecule has 0 atom stereocenters. The lowest BCUT2D eigenvalue weighted by molar-refractivity contribution is -0.383. The van der Waals surface area contributed by atoms with Crippen LogP contribution in [0, 0.1) is 16.0 Å². The molecule has 9 heteroatoms. The molecular weight excluding hydrogens is 358 g/mol. The van der Waals surface area contributed by atoms with Gasteiger partial charge in [0.2, 0.25) is 11.6 Å². The van der Waals surface area contributed by atoms with Crippen molar-refractivity contribution in [3.05, 3.63) is 39.7 Å². The van der Waals surface area contributed by atoms with Gasteiger partial charge < -0.3 is 15.0 Å². The summed E-state index contributed by atoms with van der Waals surface area (Å²) in [4.78, 5) is 21.5. The van der Waals surface area contributed by atoms with Crippen molar-refractivity contribution in [1.82, 2.24) is 9.97 Å². The van der Waals surface area contributed by atoms with E-state index in [4.69, 9.17) is 16.3 Å². The minimum atomic E-state index is -0.452. The van der Waals surface area contributed by atoms with E-state index in [1.165, 1.54) is 13.4 Å². The summed E-state index contributed by atoms with van der Waals surface area (Å²) in [5.74, 6) is 1.57. The number of hydrogen-bond acceptors (Lipinski definition) is 7. The van der Waals surface area contributed by atoms with Crippen LogP contribution in [0.15, 0.2) is 24.5 Å². The molecule has 0 aliphatic carbocycles. The number of nitrogens with one attached hydrogen (secondary N) is 1. The van der Waals surface area contributed by atoms with E-state index in [0.29, 0.717) is 28.2 Å². The van der Waals surface area contributed by atoms with Gasteiger partial charge in [-0.1, -0.05) is 18.5 Å². The van der Waals surface area contributed by atoms with Gasteiger partial charge in [-0.15, -0.1) is 0 Å². The van der Waals surface area contributed by atoms with Gasteiger partial charge in [-0.3, -0.25) is 10.1 Å². The molecule has 0 amide bonds. The zero-order chi connectivity index (χ0) is 18.7. The first-order chi connectivity index (χ1) is 12.5. The van der Waals surface area contributed by atoms with Gasteiger partial charge in [0.1, 0.15) is 12.1 Å². The number of nitro groups is 1. The summed E-state index contributed by atoms with van der Waals surface area (Å²) >= 11 is 6.04. The van der Waals surface area contributed by atoms with E-state index in [0.717, 1.165) is 25.9 Å². The smallest absolute Gasteiger partial charge is 0.353 e. The predicted molar refractivity (Wildman–Crippen MR) is 101 cm³/mol. The molecule has 1 aromatic heterocycles. The van der Waals surface area contributed by atoms with Gasteiger partial charge in [0.05, 0.1) is 17.7 Å². The SMILES string of the molecule is COc1ccc(Cl)cc1Nc1ncnc(N2CCC(C)CC2)c1[N+](=O)[O-]. The number of aromatic nitrogens is 2. The first-order valence-corrected chi connectivity index (χ1v) is 8.72. The maximum Gasteiger partial charge on any atom is 0.353 e. The third-order valence-corrected chi connectivity index (χ3v) is 4.72. The summed E-state index contributed by atoms with van der Waals surface area (Å²) in [7, 11) is 1.52. The quantitative estimate of drug-likeness (QED) is 0.621. The standard InChI is InChI=1S/C17H20ClN5O3/c1-11-5-7-22(8-6-11)17-15(23(24)25)16(19-10-20-17)21-13-9-12(18)3-4-14(13)26-2/h3-4,9-11H,5-8H2,1-2H3,(H,19,20,21). The van der Waals surface area contributed by atoms with Crippen molar-refractivity contribution in [2.75, 3.05) is 30.4 Å². The molecule has 8 nitrogen and oxygen atoms in total. The Kier molecular flexibility index (Phi) is 5.41. The average molecular weight is 378 g/mol. The Hall–Kier alpha value is -2.61. The fourth-order valence-electron chi connectivity index (χ4n) is 2.99. The largest absolute Gasteiger partial charge is 0.495 e. The van der Waals surface area contributed by atoms with Crippen LogP contribution in [0.1, 0.15) is 19.8 Å². The highest BCUT2D eigenvalue weighted by molar-refractivity contribution is 6.31. The molecular formula is C17H20ClN5O3. The molecule has 2 aromatic rings. The summed E-state index contributed by atoms with van der Waals surface area (Å²) in [6, 6.07) is 5.00. The van der Waals surface area contributed by atoms with E-state index in [1.54, 1.807) is 18.2 Å². The molecule has 0 unspecified atom stereocenters. The Morgan fingerprint density at radius 2 is 2.08 bits per heavy atom. The van der Waals surface area contributed by atoms with Gasteiger partial charge in [0.15, 0.2) is 0 Å². The Morgan fingerprint density at radius 3 is 2.73 bits per heavy atom. The molecule has 3 rings (SSSR count). The van der Waals surface area contributed by atoms with Crippen LogP contribution in [0.2, 0.25) is 5.02 Å². The highest BCUT2D eigenvalue weighted by atomic mass is 35.5. The number of methoxy groups -OCH3 is 1. The number of hydrogen-bond donors (Lipinski definition) is 1. The average Bonchev–Trinajstić information content (AvgIpc) is 2.62. The normalized spacial score (nSPS) is 15.0. The molecule has 2 heterocycles. The van der Waals surface area contributed by atoms with E-state index >= 15 is 0 Å². The molecule has 1 aromatic carbocycles. The summed E-state index contributed by atoms with van der Waals surface area (Å²) in [5.41, 5.74) is 0.351. The van der Waals surface area contributed by atoms with Crippen LogP contribution in [0.3, 0.4) is 0 Å². The van der Waals surface area contributed by atoms with E-state index in [2.05, 4.69) is 22.2 Å². The minimum Gasteiger partial charge on any atom is -0.495 e. The number of anilines is 3. The molecule has 1 saturated heterocycles. The van der Waals surface area contributed by atoms with Crippen LogP contribution in [0.4, 0.5) is 23.0 Å². The van der Waals surface area contributed by atoms with Gasteiger partial charge in [0.25, 0.3) is 0 Å². The molecule has 1 aliphatic rings. The van der Waals surface area contributed by atoms with E-state index in [9.17, 15) is 10.1 Å². The number of piperidine rings is 1. The van der Waals surface area contributed by atoms with Crippen molar-refractivity contribution < 1.29 is 9.66 Å². The fourth-order valence-corrected chi connectivity index (χ4v) is 3.16. The van der Waals surface area contributed by atoms with Gasteiger partial charge >= 0.3 is 5.69 Å². The summed E-state index contributed by atoms with van der Waals surface area (Å²) in [6.07, 6.45) is 3.29. The van der Waals surface area contributed by atoms with E-state index < -0.39 is 4.92 Å². The molecule has 1 aliphatic heterocycles. The molecule has 1 N–H and O–H groups in total. The van der Waals surface area contributed by atoms with Crippen molar-refractivity contribution in [1.29, 1.82) is 0 Å². The highest BCUT2D eigenvalue weighted by Gasteiger charge is 2.29. The zero-order valence-electron chi connectivity index (χ0n) is 14.6. The van der Waals surface area contributed by atoms with Crippen molar-refractivity contribution in [2.45, 2.75) is 19.8 Å². The summed E-state index contributed by atoms with van der Waals surface area (Å²) < 4.78 is 5.29. The molecule has 0 bridgehead atoms. The number of benzene rings is 1. The lowest BCUT2D eigenvalue weighted by Gasteiger charge is -2.30. The summed E-state index contributed by atoms with van der Waals surface area (Å²) in [6.45, 7) is 3.65. The van der Waals surface area contributed by atoms with Gasteiger partial charge in [0, 0.05) is 18.1 Å².